The molecule has 1 fully saturated rings. The van der Waals surface area contributed by atoms with Gasteiger partial charge in [-0.15, -0.1) is 0 Å². The number of piperazine rings is 1. The molecule has 0 radical (unpaired) electrons. The lowest BCUT2D eigenvalue weighted by Gasteiger charge is -2.32. The van der Waals surface area contributed by atoms with Gasteiger partial charge >= 0.3 is 6.18 Å². The number of nitrogens with zero attached hydrogens (tertiary/aromatic N) is 3. The zero-order chi connectivity index (χ0) is 17.0. The van der Waals surface area contributed by atoms with Crippen LogP contribution in [0.2, 0.25) is 0 Å². The number of halogens is 3. The number of nitro benzene ring substituents is 1. The Kier molecular flexibility index (Phi) is 5.42. The molecule has 23 heavy (non-hydrogen) atoms. The van der Waals surface area contributed by atoms with Crippen LogP contribution in [-0.2, 0) is 6.18 Å². The van der Waals surface area contributed by atoms with Crippen LogP contribution < -0.4 is 5.32 Å². The molecular formula is C14H19F3N4O2. The maximum Gasteiger partial charge on any atom is 0.416 e. The van der Waals surface area contributed by atoms with Crippen LogP contribution in [0.4, 0.5) is 24.5 Å². The van der Waals surface area contributed by atoms with Crippen LogP contribution in [0.5, 0.6) is 0 Å². The number of hydrogen-bond donors (Lipinski definition) is 1. The molecule has 0 spiro atoms. The molecule has 1 N–H and O–H groups in total. The molecule has 1 aromatic carbocycles. The van der Waals surface area contributed by atoms with Gasteiger partial charge in [-0.05, 0) is 19.2 Å². The first-order chi connectivity index (χ1) is 10.8. The van der Waals surface area contributed by atoms with Gasteiger partial charge in [-0.1, -0.05) is 0 Å². The van der Waals surface area contributed by atoms with E-state index in [-0.39, 0.29) is 5.69 Å². The largest absolute Gasteiger partial charge is 0.416 e. The van der Waals surface area contributed by atoms with Crippen LogP contribution in [0.15, 0.2) is 18.2 Å². The van der Waals surface area contributed by atoms with E-state index in [2.05, 4.69) is 15.1 Å². The lowest BCUT2D eigenvalue weighted by atomic mass is 10.1. The van der Waals surface area contributed by atoms with E-state index in [1.807, 2.05) is 7.05 Å². The second kappa shape index (κ2) is 7.14. The van der Waals surface area contributed by atoms with E-state index in [1.54, 1.807) is 0 Å². The number of nitro groups is 1. The zero-order valence-electron chi connectivity index (χ0n) is 12.8. The minimum Gasteiger partial charge on any atom is -0.378 e. The van der Waals surface area contributed by atoms with Crippen molar-refractivity contribution in [1.82, 2.24) is 9.80 Å². The van der Waals surface area contributed by atoms with Crippen molar-refractivity contribution in [2.75, 3.05) is 51.6 Å². The molecule has 1 aliphatic heterocycles. The van der Waals surface area contributed by atoms with Crippen molar-refractivity contribution in [3.63, 3.8) is 0 Å². The lowest BCUT2D eigenvalue weighted by molar-refractivity contribution is -0.384. The topological polar surface area (TPSA) is 61.6 Å². The van der Waals surface area contributed by atoms with E-state index in [0.29, 0.717) is 19.2 Å². The highest BCUT2D eigenvalue weighted by atomic mass is 19.4. The first kappa shape index (κ1) is 17.5. The van der Waals surface area contributed by atoms with Crippen molar-refractivity contribution in [2.24, 2.45) is 0 Å². The Morgan fingerprint density at radius 3 is 2.48 bits per heavy atom. The second-order valence-corrected chi connectivity index (χ2v) is 5.56. The molecule has 9 heteroatoms. The summed E-state index contributed by atoms with van der Waals surface area (Å²) in [6.07, 6.45) is -4.59. The molecule has 6 nitrogen and oxygen atoms in total. The Balaban J connectivity index is 1.98. The Hall–Kier alpha value is -1.87. The standard InChI is InChI=1S/C14H19F3N4O2/c1-19-6-8-20(9-7-19)5-4-18-12-3-2-11(14(15,16)17)10-13(12)21(22)23/h2-3,10,18H,4-9H2,1H3. The molecule has 0 bridgehead atoms. The predicted octanol–water partition coefficient (Wildman–Crippen LogP) is 2.27. The average Bonchev–Trinajstić information content (AvgIpc) is 2.48. The van der Waals surface area contributed by atoms with Gasteiger partial charge in [0.25, 0.3) is 5.69 Å². The van der Waals surface area contributed by atoms with Gasteiger partial charge in [0.2, 0.25) is 0 Å². The minimum atomic E-state index is -4.59. The summed E-state index contributed by atoms with van der Waals surface area (Å²) in [5, 5.41) is 13.9. The fourth-order valence-electron chi connectivity index (χ4n) is 2.43. The average molecular weight is 332 g/mol. The van der Waals surface area contributed by atoms with Crippen molar-refractivity contribution in [1.29, 1.82) is 0 Å². The molecule has 1 heterocycles. The van der Waals surface area contributed by atoms with Gasteiger partial charge < -0.3 is 10.2 Å². The van der Waals surface area contributed by atoms with Crippen molar-refractivity contribution in [2.45, 2.75) is 6.18 Å². The quantitative estimate of drug-likeness (QED) is 0.662. The van der Waals surface area contributed by atoms with E-state index in [1.165, 1.54) is 0 Å². The van der Waals surface area contributed by atoms with Crippen molar-refractivity contribution >= 4 is 11.4 Å². The normalized spacial score (nSPS) is 17.2. The summed E-state index contributed by atoms with van der Waals surface area (Å²) in [4.78, 5) is 14.6. The van der Waals surface area contributed by atoms with E-state index < -0.39 is 22.4 Å². The van der Waals surface area contributed by atoms with Gasteiger partial charge in [0, 0.05) is 45.3 Å². The van der Waals surface area contributed by atoms with Gasteiger partial charge in [-0.25, -0.2) is 0 Å². The Morgan fingerprint density at radius 2 is 1.91 bits per heavy atom. The van der Waals surface area contributed by atoms with Crippen LogP contribution in [-0.4, -0.2) is 61.0 Å². The molecule has 1 aliphatic rings. The maximum absolute atomic E-state index is 12.6. The van der Waals surface area contributed by atoms with Crippen molar-refractivity contribution in [3.8, 4) is 0 Å². The number of anilines is 1. The van der Waals surface area contributed by atoms with Crippen LogP contribution in [0, 0.1) is 10.1 Å². The maximum atomic E-state index is 12.6. The Bertz CT molecular complexity index is 557. The molecule has 0 saturated carbocycles. The molecule has 1 saturated heterocycles. The van der Waals surface area contributed by atoms with Gasteiger partial charge in [-0.3, -0.25) is 15.0 Å². The highest BCUT2D eigenvalue weighted by Gasteiger charge is 2.33. The monoisotopic (exact) mass is 332 g/mol. The Morgan fingerprint density at radius 1 is 1.26 bits per heavy atom. The molecule has 0 amide bonds. The first-order valence-electron chi connectivity index (χ1n) is 7.28. The fraction of sp³-hybridized carbons (Fsp3) is 0.571. The van der Waals surface area contributed by atoms with Crippen LogP contribution in [0.1, 0.15) is 5.56 Å². The predicted molar refractivity (Wildman–Crippen MR) is 80.5 cm³/mol. The number of alkyl halides is 3. The summed E-state index contributed by atoms with van der Waals surface area (Å²) in [7, 11) is 2.04. The van der Waals surface area contributed by atoms with Crippen molar-refractivity contribution in [3.05, 3.63) is 33.9 Å². The van der Waals surface area contributed by atoms with E-state index >= 15 is 0 Å². The fourth-order valence-corrected chi connectivity index (χ4v) is 2.43. The summed E-state index contributed by atoms with van der Waals surface area (Å²) in [5.41, 5.74) is -1.47. The summed E-state index contributed by atoms with van der Waals surface area (Å²) in [5.74, 6) is 0. The minimum absolute atomic E-state index is 0.108. The van der Waals surface area contributed by atoms with Gasteiger partial charge in [-0.2, -0.15) is 13.2 Å². The third-order valence-corrected chi connectivity index (χ3v) is 3.86. The van der Waals surface area contributed by atoms with Crippen LogP contribution in [0.3, 0.4) is 0 Å². The van der Waals surface area contributed by atoms with Crippen LogP contribution >= 0.6 is 0 Å². The molecule has 0 atom stereocenters. The molecule has 1 aromatic rings. The number of hydrogen-bond acceptors (Lipinski definition) is 5. The van der Waals surface area contributed by atoms with Gasteiger partial charge in [0.05, 0.1) is 10.5 Å². The smallest absolute Gasteiger partial charge is 0.378 e. The summed E-state index contributed by atoms with van der Waals surface area (Å²) in [6.45, 7) is 4.86. The van der Waals surface area contributed by atoms with Gasteiger partial charge in [0.15, 0.2) is 0 Å². The first-order valence-corrected chi connectivity index (χ1v) is 7.28. The number of benzene rings is 1. The summed E-state index contributed by atoms with van der Waals surface area (Å²) >= 11 is 0. The third-order valence-electron chi connectivity index (χ3n) is 3.86. The van der Waals surface area contributed by atoms with Gasteiger partial charge in [0.1, 0.15) is 5.69 Å². The molecule has 128 valence electrons. The second-order valence-electron chi connectivity index (χ2n) is 5.56. The number of likely N-dealkylation sites (N-methyl/N-ethyl adjacent to an activating group) is 1. The number of rotatable bonds is 5. The van der Waals surface area contributed by atoms with E-state index in [0.717, 1.165) is 38.3 Å². The Labute approximate surface area is 132 Å². The zero-order valence-corrected chi connectivity index (χ0v) is 12.8. The van der Waals surface area contributed by atoms with Crippen LogP contribution in [0.25, 0.3) is 0 Å². The lowest BCUT2D eigenvalue weighted by Crippen LogP contribution is -2.45. The van der Waals surface area contributed by atoms with E-state index in [4.69, 9.17) is 0 Å². The SMILES string of the molecule is CN1CCN(CCNc2ccc(C(F)(F)F)cc2[N+](=O)[O-])CC1. The summed E-state index contributed by atoms with van der Waals surface area (Å²) < 4.78 is 37.9. The molecule has 0 aromatic heterocycles. The molecular weight excluding hydrogens is 313 g/mol. The molecule has 0 unspecified atom stereocenters. The molecule has 0 aliphatic carbocycles. The number of nitrogens with one attached hydrogen (secondary N) is 1. The highest BCUT2D eigenvalue weighted by molar-refractivity contribution is 5.62. The third kappa shape index (κ3) is 4.80. The van der Waals surface area contributed by atoms with E-state index in [9.17, 15) is 23.3 Å². The highest BCUT2D eigenvalue weighted by Crippen LogP contribution is 2.34. The summed E-state index contributed by atoms with van der Waals surface area (Å²) in [6, 6.07) is 2.54. The van der Waals surface area contributed by atoms with Crippen molar-refractivity contribution < 1.29 is 18.1 Å². The molecule has 2 rings (SSSR count).